The molecule has 2 N–H and O–H groups in total. The fourth-order valence-electron chi connectivity index (χ4n) is 2.23. The van der Waals surface area contributed by atoms with E-state index in [0.29, 0.717) is 23.2 Å². The molecule has 6 nitrogen and oxygen atoms in total. The van der Waals surface area contributed by atoms with Crippen molar-refractivity contribution in [3.05, 3.63) is 36.2 Å². The number of carboxylic acid groups (broad SMARTS) is 1. The van der Waals surface area contributed by atoms with Crippen molar-refractivity contribution in [3.8, 4) is 0 Å². The lowest BCUT2D eigenvalue weighted by Crippen LogP contribution is -2.54. The summed E-state index contributed by atoms with van der Waals surface area (Å²) >= 11 is 1.52. The van der Waals surface area contributed by atoms with Gasteiger partial charge in [0.1, 0.15) is 11.2 Å². The van der Waals surface area contributed by atoms with E-state index in [2.05, 4.69) is 15.3 Å². The SMILES string of the molecule is O=C(N[C@]1(C(=O)O)CCSC1)c1cnc2ccccc2n1. The Kier molecular flexibility index (Phi) is 3.50. The second-order valence-corrected chi connectivity index (χ2v) is 5.99. The van der Waals surface area contributed by atoms with Crippen molar-refractivity contribution in [3.63, 3.8) is 0 Å². The highest BCUT2D eigenvalue weighted by atomic mass is 32.2. The van der Waals surface area contributed by atoms with Gasteiger partial charge in [0.25, 0.3) is 5.91 Å². The first-order valence-corrected chi connectivity index (χ1v) is 7.62. The molecule has 1 amide bonds. The third kappa shape index (κ3) is 2.56. The first-order valence-electron chi connectivity index (χ1n) is 6.46. The van der Waals surface area contributed by atoms with E-state index < -0.39 is 17.4 Å². The molecule has 1 fully saturated rings. The van der Waals surface area contributed by atoms with Crippen LogP contribution in [0.4, 0.5) is 0 Å². The predicted molar refractivity (Wildman–Crippen MR) is 79.3 cm³/mol. The number of hydrogen-bond acceptors (Lipinski definition) is 5. The molecule has 0 spiro atoms. The first-order chi connectivity index (χ1) is 10.1. The standard InChI is InChI=1S/C14H13N3O3S/c18-12(17-14(13(19)20)5-6-21-8-14)11-7-15-9-3-1-2-4-10(9)16-11/h1-4,7H,5-6,8H2,(H,17,18)(H,19,20)/t14-/m1/s1. The normalized spacial score (nSPS) is 21.3. The number of amides is 1. The zero-order valence-corrected chi connectivity index (χ0v) is 11.9. The molecule has 0 radical (unpaired) electrons. The maximum Gasteiger partial charge on any atom is 0.330 e. The number of fused-ring (bicyclic) bond motifs is 1. The minimum absolute atomic E-state index is 0.131. The van der Waals surface area contributed by atoms with Gasteiger partial charge in [0.2, 0.25) is 0 Å². The highest BCUT2D eigenvalue weighted by molar-refractivity contribution is 7.99. The van der Waals surface area contributed by atoms with Gasteiger partial charge in [0, 0.05) is 5.75 Å². The van der Waals surface area contributed by atoms with Crippen LogP contribution >= 0.6 is 11.8 Å². The largest absolute Gasteiger partial charge is 0.479 e. The van der Waals surface area contributed by atoms with Gasteiger partial charge in [0.15, 0.2) is 0 Å². The van der Waals surface area contributed by atoms with Gasteiger partial charge in [0.05, 0.1) is 17.2 Å². The van der Waals surface area contributed by atoms with E-state index in [-0.39, 0.29) is 5.69 Å². The van der Waals surface area contributed by atoms with E-state index in [0.717, 1.165) is 5.75 Å². The van der Waals surface area contributed by atoms with Gasteiger partial charge in [-0.05, 0) is 24.3 Å². The number of carbonyl (C=O) groups excluding carboxylic acids is 1. The molecule has 0 bridgehead atoms. The average Bonchev–Trinajstić information content (AvgIpc) is 2.96. The van der Waals surface area contributed by atoms with Crippen LogP contribution in [-0.4, -0.2) is 44.0 Å². The predicted octanol–water partition coefficient (Wildman–Crippen LogP) is 1.32. The van der Waals surface area contributed by atoms with Crippen LogP contribution in [-0.2, 0) is 4.79 Å². The molecule has 1 saturated heterocycles. The molecule has 1 atom stereocenters. The number of nitrogens with one attached hydrogen (secondary N) is 1. The number of para-hydroxylation sites is 2. The van der Waals surface area contributed by atoms with Crippen LogP contribution in [0.3, 0.4) is 0 Å². The Morgan fingerprint density at radius 1 is 1.29 bits per heavy atom. The average molecular weight is 303 g/mol. The van der Waals surface area contributed by atoms with Crippen molar-refractivity contribution in [1.29, 1.82) is 0 Å². The lowest BCUT2D eigenvalue weighted by molar-refractivity contribution is -0.143. The Balaban J connectivity index is 1.88. The van der Waals surface area contributed by atoms with Crippen molar-refractivity contribution in [1.82, 2.24) is 15.3 Å². The third-order valence-electron chi connectivity index (χ3n) is 3.47. The molecular formula is C14H13N3O3S. The Morgan fingerprint density at radius 2 is 2.05 bits per heavy atom. The first kappa shape index (κ1) is 13.8. The van der Waals surface area contributed by atoms with E-state index in [4.69, 9.17) is 0 Å². The molecule has 3 rings (SSSR count). The summed E-state index contributed by atoms with van der Waals surface area (Å²) in [7, 11) is 0. The number of carboxylic acids is 1. The Bertz CT molecular complexity index is 713. The van der Waals surface area contributed by atoms with Crippen molar-refractivity contribution < 1.29 is 14.7 Å². The molecule has 1 aromatic carbocycles. The molecule has 1 aliphatic rings. The fourth-order valence-corrected chi connectivity index (χ4v) is 3.56. The van der Waals surface area contributed by atoms with Crippen LogP contribution in [0.15, 0.2) is 30.5 Å². The quantitative estimate of drug-likeness (QED) is 0.888. The van der Waals surface area contributed by atoms with Crippen molar-refractivity contribution in [2.45, 2.75) is 12.0 Å². The number of benzene rings is 1. The summed E-state index contributed by atoms with van der Waals surface area (Å²) < 4.78 is 0. The molecule has 108 valence electrons. The van der Waals surface area contributed by atoms with Gasteiger partial charge in [-0.3, -0.25) is 9.78 Å². The summed E-state index contributed by atoms with van der Waals surface area (Å²) in [5.74, 6) is -0.418. The number of aliphatic carboxylic acids is 1. The van der Waals surface area contributed by atoms with Gasteiger partial charge in [-0.15, -0.1) is 0 Å². The lowest BCUT2D eigenvalue weighted by atomic mass is 9.99. The smallest absolute Gasteiger partial charge is 0.330 e. The molecule has 1 aromatic heterocycles. The second-order valence-electron chi connectivity index (χ2n) is 4.89. The molecule has 1 aliphatic heterocycles. The van der Waals surface area contributed by atoms with E-state index in [9.17, 15) is 14.7 Å². The molecular weight excluding hydrogens is 290 g/mol. The van der Waals surface area contributed by atoms with E-state index in [1.54, 1.807) is 12.1 Å². The monoisotopic (exact) mass is 303 g/mol. The summed E-state index contributed by atoms with van der Waals surface area (Å²) in [6.07, 6.45) is 1.79. The zero-order valence-electron chi connectivity index (χ0n) is 11.1. The molecule has 2 aromatic rings. The number of aromatic nitrogens is 2. The Labute approximate surface area is 125 Å². The number of carbonyl (C=O) groups is 2. The maximum atomic E-state index is 12.3. The van der Waals surface area contributed by atoms with Gasteiger partial charge < -0.3 is 10.4 Å². The van der Waals surface area contributed by atoms with E-state index in [1.807, 2.05) is 12.1 Å². The van der Waals surface area contributed by atoms with Crippen LogP contribution in [0.2, 0.25) is 0 Å². The van der Waals surface area contributed by atoms with Crippen molar-refractivity contribution in [2.75, 3.05) is 11.5 Å². The van der Waals surface area contributed by atoms with Crippen LogP contribution in [0.5, 0.6) is 0 Å². The lowest BCUT2D eigenvalue weighted by Gasteiger charge is -2.24. The Hall–Kier alpha value is -2.15. The number of rotatable bonds is 3. The molecule has 21 heavy (non-hydrogen) atoms. The highest BCUT2D eigenvalue weighted by Gasteiger charge is 2.43. The third-order valence-corrected chi connectivity index (χ3v) is 4.65. The highest BCUT2D eigenvalue weighted by Crippen LogP contribution is 2.28. The van der Waals surface area contributed by atoms with Gasteiger partial charge in [-0.2, -0.15) is 11.8 Å². The molecule has 2 heterocycles. The summed E-state index contributed by atoms with van der Waals surface area (Å²) in [6, 6.07) is 7.21. The second kappa shape index (κ2) is 5.33. The number of hydrogen-bond donors (Lipinski definition) is 2. The van der Waals surface area contributed by atoms with Crippen molar-refractivity contribution in [2.24, 2.45) is 0 Å². The summed E-state index contributed by atoms with van der Waals surface area (Å²) in [4.78, 5) is 32.1. The molecule has 7 heteroatoms. The van der Waals surface area contributed by atoms with Crippen molar-refractivity contribution >= 4 is 34.7 Å². The maximum absolute atomic E-state index is 12.3. The Morgan fingerprint density at radius 3 is 2.71 bits per heavy atom. The summed E-state index contributed by atoms with van der Waals surface area (Å²) in [5.41, 5.74) is 0.231. The summed E-state index contributed by atoms with van der Waals surface area (Å²) in [6.45, 7) is 0. The van der Waals surface area contributed by atoms with Gasteiger partial charge in [-0.1, -0.05) is 12.1 Å². The van der Waals surface area contributed by atoms with Crippen LogP contribution in [0.1, 0.15) is 16.9 Å². The number of nitrogens with zero attached hydrogens (tertiary/aromatic N) is 2. The zero-order chi connectivity index (χ0) is 14.9. The number of thioether (sulfide) groups is 1. The molecule has 0 saturated carbocycles. The molecule has 0 unspecified atom stereocenters. The molecule has 0 aliphatic carbocycles. The van der Waals surface area contributed by atoms with Crippen LogP contribution < -0.4 is 5.32 Å². The minimum Gasteiger partial charge on any atom is -0.479 e. The topological polar surface area (TPSA) is 92.2 Å². The van der Waals surface area contributed by atoms with E-state index in [1.165, 1.54) is 18.0 Å². The van der Waals surface area contributed by atoms with Crippen LogP contribution in [0, 0.1) is 0 Å². The van der Waals surface area contributed by atoms with Gasteiger partial charge >= 0.3 is 5.97 Å². The minimum atomic E-state index is -1.20. The van der Waals surface area contributed by atoms with Gasteiger partial charge in [-0.25, -0.2) is 9.78 Å². The van der Waals surface area contributed by atoms with Crippen LogP contribution in [0.25, 0.3) is 11.0 Å². The summed E-state index contributed by atoms with van der Waals surface area (Å²) in [5, 5.41) is 12.0. The van der Waals surface area contributed by atoms with E-state index >= 15 is 0 Å². The fraction of sp³-hybridized carbons (Fsp3) is 0.286.